The van der Waals surface area contributed by atoms with Gasteiger partial charge in [0.25, 0.3) is 0 Å². The van der Waals surface area contributed by atoms with Crippen LogP contribution in [0.1, 0.15) is 11.1 Å². The maximum Gasteiger partial charge on any atom is 0.186 e. The fourth-order valence-electron chi connectivity index (χ4n) is 3.34. The molecule has 124 valence electrons. The standard InChI is InChI=1S/C19H20FN3S/c1-13-11-14(2)18-17(12-13)24-19(21-18)23-9-7-22(8-10-23)16-6-4-3-5-15(16)20/h3-6,11-12H,7-10H2,1-2H3. The van der Waals surface area contributed by atoms with Crippen LogP contribution in [0.5, 0.6) is 0 Å². The molecule has 24 heavy (non-hydrogen) atoms. The summed E-state index contributed by atoms with van der Waals surface area (Å²) in [4.78, 5) is 9.28. The minimum absolute atomic E-state index is 0.142. The highest BCUT2D eigenvalue weighted by molar-refractivity contribution is 7.22. The zero-order chi connectivity index (χ0) is 16.7. The highest BCUT2D eigenvalue weighted by Crippen LogP contribution is 2.32. The number of rotatable bonds is 2. The zero-order valence-corrected chi connectivity index (χ0v) is 14.7. The Kier molecular flexibility index (Phi) is 3.88. The number of piperazine rings is 1. The number of halogens is 1. The van der Waals surface area contributed by atoms with Crippen molar-refractivity contribution in [3.8, 4) is 0 Å². The molecule has 0 amide bonds. The lowest BCUT2D eigenvalue weighted by Crippen LogP contribution is -2.46. The number of hydrogen-bond acceptors (Lipinski definition) is 4. The molecule has 0 saturated carbocycles. The Hall–Kier alpha value is -2.14. The van der Waals surface area contributed by atoms with Gasteiger partial charge in [-0.2, -0.15) is 0 Å². The number of benzene rings is 2. The van der Waals surface area contributed by atoms with E-state index in [0.717, 1.165) is 36.8 Å². The van der Waals surface area contributed by atoms with E-state index in [4.69, 9.17) is 4.98 Å². The van der Waals surface area contributed by atoms with E-state index in [-0.39, 0.29) is 5.82 Å². The molecule has 0 N–H and O–H groups in total. The van der Waals surface area contributed by atoms with Gasteiger partial charge in [-0.15, -0.1) is 0 Å². The van der Waals surface area contributed by atoms with Gasteiger partial charge in [0.1, 0.15) is 5.82 Å². The summed E-state index contributed by atoms with van der Waals surface area (Å²) < 4.78 is 15.2. The maximum atomic E-state index is 14.0. The molecule has 3 aromatic rings. The van der Waals surface area contributed by atoms with Gasteiger partial charge in [0.05, 0.1) is 15.9 Å². The molecule has 0 aliphatic carbocycles. The Morgan fingerprint density at radius 3 is 2.46 bits per heavy atom. The first-order valence-corrected chi connectivity index (χ1v) is 9.06. The fourth-order valence-corrected chi connectivity index (χ4v) is 4.53. The van der Waals surface area contributed by atoms with Crippen molar-refractivity contribution < 1.29 is 4.39 Å². The largest absolute Gasteiger partial charge is 0.366 e. The number of aromatic nitrogens is 1. The van der Waals surface area contributed by atoms with E-state index >= 15 is 0 Å². The Morgan fingerprint density at radius 1 is 1.00 bits per heavy atom. The molecule has 1 fully saturated rings. The van der Waals surface area contributed by atoms with Crippen molar-refractivity contribution in [3.63, 3.8) is 0 Å². The molecule has 1 aliphatic rings. The molecule has 5 heteroatoms. The predicted octanol–water partition coefficient (Wildman–Crippen LogP) is 4.38. The number of anilines is 2. The van der Waals surface area contributed by atoms with Crippen molar-refractivity contribution >= 4 is 32.4 Å². The van der Waals surface area contributed by atoms with Gasteiger partial charge in [-0.05, 0) is 43.2 Å². The molecular weight excluding hydrogens is 321 g/mol. The summed E-state index contributed by atoms with van der Waals surface area (Å²) in [6.45, 7) is 7.61. The van der Waals surface area contributed by atoms with Gasteiger partial charge in [-0.3, -0.25) is 0 Å². The molecule has 3 nitrogen and oxygen atoms in total. The van der Waals surface area contributed by atoms with Crippen LogP contribution in [0.15, 0.2) is 36.4 Å². The molecule has 0 radical (unpaired) electrons. The van der Waals surface area contributed by atoms with E-state index in [2.05, 4.69) is 35.8 Å². The van der Waals surface area contributed by atoms with Gasteiger partial charge in [0, 0.05) is 26.2 Å². The smallest absolute Gasteiger partial charge is 0.186 e. The van der Waals surface area contributed by atoms with Crippen molar-refractivity contribution in [2.24, 2.45) is 0 Å². The Labute approximate surface area is 145 Å². The van der Waals surface area contributed by atoms with Gasteiger partial charge in [-0.25, -0.2) is 9.37 Å². The van der Waals surface area contributed by atoms with Gasteiger partial charge in [0.15, 0.2) is 5.13 Å². The Balaban J connectivity index is 1.54. The first-order valence-electron chi connectivity index (χ1n) is 8.24. The summed E-state index contributed by atoms with van der Waals surface area (Å²) in [6, 6.07) is 11.4. The predicted molar refractivity (Wildman–Crippen MR) is 99.9 cm³/mol. The molecule has 2 aromatic carbocycles. The number of thiazole rings is 1. The second kappa shape index (κ2) is 6.06. The van der Waals surface area contributed by atoms with Gasteiger partial charge < -0.3 is 9.80 Å². The summed E-state index contributed by atoms with van der Waals surface area (Å²) in [6.07, 6.45) is 0. The van der Waals surface area contributed by atoms with E-state index in [1.54, 1.807) is 17.4 Å². The number of para-hydroxylation sites is 1. The van der Waals surface area contributed by atoms with Crippen LogP contribution in [0.25, 0.3) is 10.2 Å². The van der Waals surface area contributed by atoms with Gasteiger partial charge >= 0.3 is 0 Å². The first-order chi connectivity index (χ1) is 11.6. The van der Waals surface area contributed by atoms with Crippen molar-refractivity contribution in [2.45, 2.75) is 13.8 Å². The van der Waals surface area contributed by atoms with Crippen molar-refractivity contribution in [1.82, 2.24) is 4.98 Å². The minimum Gasteiger partial charge on any atom is -0.366 e. The molecular formula is C19H20FN3S. The lowest BCUT2D eigenvalue weighted by Gasteiger charge is -2.36. The number of hydrogen-bond donors (Lipinski definition) is 0. The molecule has 0 spiro atoms. The number of aryl methyl sites for hydroxylation is 2. The molecule has 0 unspecified atom stereocenters. The third-order valence-electron chi connectivity index (χ3n) is 4.56. The van der Waals surface area contributed by atoms with Crippen LogP contribution in [0.4, 0.5) is 15.2 Å². The molecule has 0 atom stereocenters. The molecule has 1 aliphatic heterocycles. The van der Waals surface area contributed by atoms with E-state index in [1.165, 1.54) is 21.9 Å². The van der Waals surface area contributed by atoms with Crippen LogP contribution in [0.3, 0.4) is 0 Å². The van der Waals surface area contributed by atoms with Crippen LogP contribution in [0, 0.1) is 19.7 Å². The fraction of sp³-hybridized carbons (Fsp3) is 0.316. The third-order valence-corrected chi connectivity index (χ3v) is 5.63. The summed E-state index contributed by atoms with van der Waals surface area (Å²) in [5, 5.41) is 1.08. The van der Waals surface area contributed by atoms with E-state index in [9.17, 15) is 4.39 Å². The lowest BCUT2D eigenvalue weighted by atomic mass is 10.1. The van der Waals surface area contributed by atoms with Gasteiger partial charge in [0.2, 0.25) is 0 Å². The van der Waals surface area contributed by atoms with Crippen molar-refractivity contribution in [3.05, 3.63) is 53.3 Å². The quantitative estimate of drug-likeness (QED) is 0.689. The average Bonchev–Trinajstić information content (AvgIpc) is 3.00. The van der Waals surface area contributed by atoms with Crippen molar-refractivity contribution in [1.29, 1.82) is 0 Å². The molecule has 1 aromatic heterocycles. The van der Waals surface area contributed by atoms with Crippen LogP contribution in [-0.2, 0) is 0 Å². The maximum absolute atomic E-state index is 14.0. The summed E-state index contributed by atoms with van der Waals surface area (Å²) in [7, 11) is 0. The average molecular weight is 341 g/mol. The highest BCUT2D eigenvalue weighted by Gasteiger charge is 2.21. The lowest BCUT2D eigenvalue weighted by molar-refractivity contribution is 0.597. The monoisotopic (exact) mass is 341 g/mol. The third kappa shape index (κ3) is 2.73. The van der Waals surface area contributed by atoms with E-state index in [0.29, 0.717) is 5.69 Å². The topological polar surface area (TPSA) is 19.4 Å². The van der Waals surface area contributed by atoms with Crippen LogP contribution < -0.4 is 9.80 Å². The molecule has 0 bridgehead atoms. The van der Waals surface area contributed by atoms with Crippen LogP contribution in [0.2, 0.25) is 0 Å². The highest BCUT2D eigenvalue weighted by atomic mass is 32.1. The van der Waals surface area contributed by atoms with Gasteiger partial charge in [-0.1, -0.05) is 29.5 Å². The van der Waals surface area contributed by atoms with Crippen LogP contribution in [-0.4, -0.2) is 31.2 Å². The van der Waals surface area contributed by atoms with E-state index < -0.39 is 0 Å². The summed E-state index contributed by atoms with van der Waals surface area (Å²) in [5.41, 5.74) is 4.32. The number of nitrogens with zero attached hydrogens (tertiary/aromatic N) is 3. The zero-order valence-electron chi connectivity index (χ0n) is 13.9. The van der Waals surface area contributed by atoms with Crippen molar-refractivity contribution in [2.75, 3.05) is 36.0 Å². The summed E-state index contributed by atoms with van der Waals surface area (Å²) >= 11 is 1.75. The second-order valence-corrected chi connectivity index (χ2v) is 7.36. The Bertz CT molecular complexity index is 881. The van der Waals surface area contributed by atoms with E-state index in [1.807, 2.05) is 12.1 Å². The first kappa shape index (κ1) is 15.4. The number of fused-ring (bicyclic) bond motifs is 1. The van der Waals surface area contributed by atoms with Crippen LogP contribution >= 0.6 is 11.3 Å². The molecule has 1 saturated heterocycles. The summed E-state index contributed by atoms with van der Waals surface area (Å²) in [5.74, 6) is -0.142. The molecule has 4 rings (SSSR count). The minimum atomic E-state index is -0.142. The SMILES string of the molecule is Cc1cc(C)c2nc(N3CCN(c4ccccc4F)CC3)sc2c1. The normalized spacial score (nSPS) is 15.3. The molecule has 2 heterocycles. The Morgan fingerprint density at radius 2 is 1.71 bits per heavy atom. The second-order valence-electron chi connectivity index (χ2n) is 6.35.